The van der Waals surface area contributed by atoms with Gasteiger partial charge in [0, 0.05) is 13.3 Å². The third-order valence-corrected chi connectivity index (χ3v) is 10.3. The smallest absolute Gasteiger partial charge is 0.362 e. The Labute approximate surface area is 280 Å². The number of nitrogens with one attached hydrogen (secondary N) is 2. The average molecular weight is 688 g/mol. The highest BCUT2D eigenvalue weighted by atomic mass is 31.2. The van der Waals surface area contributed by atoms with Gasteiger partial charge in [-0.05, 0) is 85.9 Å². The van der Waals surface area contributed by atoms with Crippen LogP contribution in [-0.4, -0.2) is 59.6 Å². The lowest BCUT2D eigenvalue weighted by atomic mass is 9.90. The number of benzene rings is 2. The maximum Gasteiger partial charge on any atom is 0.362 e. The molecular weight excluding hydrogens is 641 g/mol. The van der Waals surface area contributed by atoms with Crippen molar-refractivity contribution in [3.8, 4) is 11.5 Å². The monoisotopic (exact) mass is 687 g/mol. The summed E-state index contributed by atoms with van der Waals surface area (Å²) in [5.74, 6) is -2.12. The fraction of sp³-hybridized carbons (Fsp3) is 0.529. The predicted molar refractivity (Wildman–Crippen MR) is 177 cm³/mol. The van der Waals surface area contributed by atoms with Crippen LogP contribution in [0, 0.1) is 5.92 Å². The zero-order chi connectivity index (χ0) is 34.8. The third kappa shape index (κ3) is 10.0. The molecule has 0 radical (unpaired) electrons. The molecule has 2 aliphatic carbocycles. The van der Waals surface area contributed by atoms with Crippen molar-refractivity contribution in [3.05, 3.63) is 52.6 Å². The molecule has 2 aromatic carbocycles. The van der Waals surface area contributed by atoms with E-state index >= 15 is 0 Å². The Bertz CT molecular complexity index is 1540. The molecule has 0 aliphatic heterocycles. The first-order valence-corrected chi connectivity index (χ1v) is 18.1. The molecule has 48 heavy (non-hydrogen) atoms. The van der Waals surface area contributed by atoms with Crippen LogP contribution in [-0.2, 0) is 36.3 Å². The molecule has 0 aromatic heterocycles. The Kier molecular flexibility index (Phi) is 13.0. The van der Waals surface area contributed by atoms with Crippen LogP contribution < -0.4 is 31.1 Å². The number of carbonyl (C=O) groups is 4. The Morgan fingerprint density at radius 1 is 1.00 bits per heavy atom. The van der Waals surface area contributed by atoms with Crippen LogP contribution >= 0.6 is 7.60 Å². The lowest BCUT2D eigenvalue weighted by molar-refractivity contribution is -0.139. The van der Waals surface area contributed by atoms with Crippen molar-refractivity contribution in [2.45, 2.75) is 90.1 Å². The number of aryl methyl sites for hydroxylation is 1. The fourth-order valence-corrected chi connectivity index (χ4v) is 7.64. The second-order valence-electron chi connectivity index (χ2n) is 12.4. The third-order valence-electron chi connectivity index (χ3n) is 8.70. The SMILES string of the molecule is CCOP(=O)(O)c1cc(C[C@H](NC(C)=O)C(=O)N[C@H]2CCCCc3cc(OCC4CCCCC4)c(C(N)=O)cc32)ccc1OCC(=O)O. The molecule has 3 amide bonds. The molecule has 14 heteroatoms. The van der Waals surface area contributed by atoms with Crippen molar-refractivity contribution in [1.29, 1.82) is 0 Å². The van der Waals surface area contributed by atoms with Crippen molar-refractivity contribution in [2.24, 2.45) is 11.7 Å². The number of amides is 3. The van der Waals surface area contributed by atoms with E-state index < -0.39 is 50.0 Å². The minimum atomic E-state index is -4.42. The van der Waals surface area contributed by atoms with Crippen molar-refractivity contribution >= 4 is 36.6 Å². The van der Waals surface area contributed by atoms with E-state index in [0.29, 0.717) is 30.3 Å². The van der Waals surface area contributed by atoms with Gasteiger partial charge in [0.15, 0.2) is 6.61 Å². The number of rotatable bonds is 15. The first kappa shape index (κ1) is 36.9. The van der Waals surface area contributed by atoms with Crippen molar-refractivity contribution in [1.82, 2.24) is 10.6 Å². The number of fused-ring (bicyclic) bond motifs is 1. The van der Waals surface area contributed by atoms with Crippen LogP contribution in [0.4, 0.5) is 0 Å². The number of nitrogens with two attached hydrogens (primary N) is 1. The molecule has 1 fully saturated rings. The van der Waals surface area contributed by atoms with Gasteiger partial charge in [-0.25, -0.2) is 4.79 Å². The van der Waals surface area contributed by atoms with Gasteiger partial charge in [-0.15, -0.1) is 0 Å². The lowest BCUT2D eigenvalue weighted by Crippen LogP contribution is -2.48. The van der Waals surface area contributed by atoms with E-state index in [1.54, 1.807) is 6.07 Å². The normalized spacial score (nSPS) is 18.4. The van der Waals surface area contributed by atoms with E-state index in [-0.39, 0.29) is 29.6 Å². The van der Waals surface area contributed by atoms with Crippen molar-refractivity contribution in [2.75, 3.05) is 19.8 Å². The van der Waals surface area contributed by atoms with E-state index in [0.717, 1.165) is 43.2 Å². The van der Waals surface area contributed by atoms with E-state index in [1.165, 1.54) is 51.3 Å². The highest BCUT2D eigenvalue weighted by Crippen LogP contribution is 2.44. The van der Waals surface area contributed by atoms with Crippen LogP contribution in [0.15, 0.2) is 30.3 Å². The summed E-state index contributed by atoms with van der Waals surface area (Å²) < 4.78 is 29.4. The topological polar surface area (TPSA) is 204 Å². The van der Waals surface area contributed by atoms with Gasteiger partial charge in [0.2, 0.25) is 11.8 Å². The maximum atomic E-state index is 13.8. The molecule has 6 N–H and O–H groups in total. The van der Waals surface area contributed by atoms with Crippen LogP contribution in [0.2, 0.25) is 0 Å². The zero-order valence-corrected chi connectivity index (χ0v) is 28.4. The van der Waals surface area contributed by atoms with Crippen LogP contribution in [0.1, 0.15) is 98.3 Å². The molecule has 262 valence electrons. The Balaban J connectivity index is 1.59. The zero-order valence-electron chi connectivity index (χ0n) is 27.5. The Morgan fingerprint density at radius 2 is 1.73 bits per heavy atom. The number of hydrogen-bond donors (Lipinski definition) is 5. The molecule has 1 unspecified atom stereocenters. The Morgan fingerprint density at radius 3 is 2.40 bits per heavy atom. The first-order chi connectivity index (χ1) is 22.9. The summed E-state index contributed by atoms with van der Waals surface area (Å²) in [5.41, 5.74) is 8.17. The van der Waals surface area contributed by atoms with Crippen molar-refractivity contribution < 1.29 is 47.7 Å². The van der Waals surface area contributed by atoms with Gasteiger partial charge < -0.3 is 40.4 Å². The Hall–Kier alpha value is -3.93. The summed E-state index contributed by atoms with van der Waals surface area (Å²) in [4.78, 5) is 60.2. The standard InChI is InChI=1S/C34H46N3O10P/c1-3-47-48(43,44)31-16-23(13-14-29(31)46-20-32(39)40)15-28(36-21(2)38)34(42)37-27-12-8-7-11-24-17-30(26(33(35)41)18-25(24)27)45-19-22-9-5-4-6-10-22/h13-14,16-18,22,27-28H,3-12,15,19-20H2,1-2H3,(H2,35,41)(H,36,38)(H,37,42)(H,39,40)(H,43,44)/t27-,28-/m0/s1. The number of carboxylic acids is 1. The van der Waals surface area contributed by atoms with Crippen molar-refractivity contribution in [3.63, 3.8) is 0 Å². The highest BCUT2D eigenvalue weighted by Gasteiger charge is 2.31. The molecule has 0 saturated heterocycles. The summed E-state index contributed by atoms with van der Waals surface area (Å²) >= 11 is 0. The summed E-state index contributed by atoms with van der Waals surface area (Å²) in [7, 11) is -4.42. The van der Waals surface area contributed by atoms with Gasteiger partial charge >= 0.3 is 13.6 Å². The molecule has 4 rings (SSSR count). The number of primary amides is 1. The van der Waals surface area contributed by atoms with Gasteiger partial charge in [0.25, 0.3) is 5.91 Å². The second kappa shape index (κ2) is 16.9. The predicted octanol–water partition coefficient (Wildman–Crippen LogP) is 3.69. The quantitative estimate of drug-likeness (QED) is 0.136. The molecule has 0 bridgehead atoms. The van der Waals surface area contributed by atoms with E-state index in [4.69, 9.17) is 24.8 Å². The summed E-state index contributed by atoms with van der Waals surface area (Å²) in [6, 6.07) is 6.19. The van der Waals surface area contributed by atoms with Gasteiger partial charge in [0.05, 0.1) is 24.8 Å². The summed E-state index contributed by atoms with van der Waals surface area (Å²) in [6.45, 7) is 2.49. The molecule has 2 aromatic rings. The molecule has 2 aliphatic rings. The summed E-state index contributed by atoms with van der Waals surface area (Å²) in [5, 5.41) is 14.5. The highest BCUT2D eigenvalue weighted by molar-refractivity contribution is 7.61. The molecule has 13 nitrogen and oxygen atoms in total. The number of hydrogen-bond acceptors (Lipinski definition) is 8. The molecule has 0 heterocycles. The van der Waals surface area contributed by atoms with E-state index in [9.17, 15) is 28.6 Å². The average Bonchev–Trinajstić information content (AvgIpc) is 3.23. The van der Waals surface area contributed by atoms with Gasteiger partial charge in [0.1, 0.15) is 22.8 Å². The van der Waals surface area contributed by atoms with Crippen LogP contribution in [0.25, 0.3) is 0 Å². The fourth-order valence-electron chi connectivity index (χ4n) is 6.40. The second-order valence-corrected chi connectivity index (χ2v) is 14.2. The molecule has 1 saturated carbocycles. The minimum absolute atomic E-state index is 0.0657. The first-order valence-electron chi connectivity index (χ1n) is 16.5. The molecular formula is C34H46N3O10P. The lowest BCUT2D eigenvalue weighted by Gasteiger charge is -2.26. The number of carboxylic acid groups (broad SMARTS) is 1. The largest absolute Gasteiger partial charge is 0.492 e. The molecule has 3 atom stereocenters. The number of ether oxygens (including phenoxy) is 2. The van der Waals surface area contributed by atoms with Gasteiger partial charge in [-0.3, -0.25) is 18.9 Å². The van der Waals surface area contributed by atoms with Gasteiger partial charge in [-0.2, -0.15) is 0 Å². The van der Waals surface area contributed by atoms with E-state index in [1.807, 2.05) is 6.07 Å². The number of aliphatic carboxylic acids is 1. The van der Waals surface area contributed by atoms with E-state index in [2.05, 4.69) is 10.6 Å². The minimum Gasteiger partial charge on any atom is -0.492 e. The summed E-state index contributed by atoms with van der Waals surface area (Å²) in [6.07, 6.45) is 8.69. The number of carbonyl (C=O) groups excluding carboxylic acids is 3. The van der Waals surface area contributed by atoms with Crippen LogP contribution in [0.5, 0.6) is 11.5 Å². The maximum absolute atomic E-state index is 13.8. The van der Waals surface area contributed by atoms with Gasteiger partial charge in [-0.1, -0.05) is 31.7 Å². The van der Waals surface area contributed by atoms with Crippen LogP contribution in [0.3, 0.4) is 0 Å². The molecule has 0 spiro atoms.